The molecule has 1 aromatic carbocycles. The molecule has 0 fully saturated rings. The number of nitrogens with zero attached hydrogens (tertiary/aromatic N) is 1. The fourth-order valence-electron chi connectivity index (χ4n) is 1.87. The van der Waals surface area contributed by atoms with Gasteiger partial charge in [-0.2, -0.15) is 0 Å². The number of urea groups is 1. The Morgan fingerprint density at radius 3 is 2.75 bits per heavy atom. The monoisotopic (exact) mass is 272 g/mol. The number of hydrogen-bond acceptors (Lipinski definition) is 2. The Hall–Kier alpha value is -2.30. The molecule has 0 saturated carbocycles. The minimum Gasteiger partial charge on any atom is -0.347 e. The van der Waals surface area contributed by atoms with Gasteiger partial charge in [-0.15, -0.1) is 0 Å². The zero-order chi connectivity index (χ0) is 14.2. The molecule has 106 valence electrons. The van der Waals surface area contributed by atoms with E-state index in [9.17, 15) is 4.79 Å². The number of amides is 2. The maximum atomic E-state index is 11.7. The van der Waals surface area contributed by atoms with Crippen molar-refractivity contribution in [2.45, 2.75) is 32.7 Å². The van der Waals surface area contributed by atoms with E-state index in [1.165, 1.54) is 18.4 Å². The summed E-state index contributed by atoms with van der Waals surface area (Å²) in [5, 5.41) is 5.53. The minimum absolute atomic E-state index is 0.234. The number of hydrogen-bond donors (Lipinski definition) is 3. The summed E-state index contributed by atoms with van der Waals surface area (Å²) in [6.45, 7) is 2.56. The first-order chi connectivity index (χ1) is 9.78. The van der Waals surface area contributed by atoms with Crippen molar-refractivity contribution in [3.63, 3.8) is 0 Å². The molecule has 0 atom stereocenters. The molecule has 0 aliphatic heterocycles. The van der Waals surface area contributed by atoms with Crippen LogP contribution in [0.15, 0.2) is 36.7 Å². The Kier molecular flexibility index (Phi) is 5.17. The van der Waals surface area contributed by atoms with Gasteiger partial charge in [-0.05, 0) is 30.5 Å². The van der Waals surface area contributed by atoms with E-state index in [1.54, 1.807) is 12.4 Å². The fraction of sp³-hybridized carbons (Fsp3) is 0.333. The van der Waals surface area contributed by atoms with Crippen LogP contribution in [0.3, 0.4) is 0 Å². The zero-order valence-corrected chi connectivity index (χ0v) is 11.6. The first-order valence-corrected chi connectivity index (χ1v) is 6.90. The lowest BCUT2D eigenvalue weighted by atomic mass is 10.1. The summed E-state index contributed by atoms with van der Waals surface area (Å²) in [5.74, 6) is 0.732. The molecule has 5 heteroatoms. The average Bonchev–Trinajstić information content (AvgIpc) is 2.98. The van der Waals surface area contributed by atoms with E-state index < -0.39 is 0 Å². The van der Waals surface area contributed by atoms with E-state index in [1.807, 2.05) is 12.1 Å². The zero-order valence-electron chi connectivity index (χ0n) is 11.6. The number of rotatable bonds is 6. The van der Waals surface area contributed by atoms with Crippen LogP contribution in [0, 0.1) is 0 Å². The maximum absolute atomic E-state index is 11.7. The van der Waals surface area contributed by atoms with Crippen LogP contribution in [-0.4, -0.2) is 16.0 Å². The van der Waals surface area contributed by atoms with Crippen LogP contribution in [0.25, 0.3) is 0 Å². The van der Waals surface area contributed by atoms with Gasteiger partial charge in [0.05, 0.1) is 6.54 Å². The number of unbranched alkanes of at least 4 members (excludes halogenated alkanes) is 1. The van der Waals surface area contributed by atoms with Crippen molar-refractivity contribution in [3.05, 3.63) is 48.0 Å². The Labute approximate surface area is 118 Å². The van der Waals surface area contributed by atoms with Crippen molar-refractivity contribution in [1.29, 1.82) is 0 Å². The van der Waals surface area contributed by atoms with Gasteiger partial charge in [0.15, 0.2) is 0 Å². The van der Waals surface area contributed by atoms with Crippen molar-refractivity contribution in [1.82, 2.24) is 15.3 Å². The lowest BCUT2D eigenvalue weighted by molar-refractivity contribution is 0.251. The Morgan fingerprint density at radius 2 is 2.10 bits per heavy atom. The largest absolute Gasteiger partial charge is 0.347 e. The lowest BCUT2D eigenvalue weighted by Gasteiger charge is -2.07. The van der Waals surface area contributed by atoms with Crippen LogP contribution >= 0.6 is 0 Å². The van der Waals surface area contributed by atoms with Gasteiger partial charge in [0.1, 0.15) is 5.82 Å². The van der Waals surface area contributed by atoms with E-state index in [0.29, 0.717) is 6.54 Å². The van der Waals surface area contributed by atoms with Crippen LogP contribution in [0.2, 0.25) is 0 Å². The van der Waals surface area contributed by atoms with E-state index in [4.69, 9.17) is 0 Å². The normalized spacial score (nSPS) is 10.2. The number of benzene rings is 1. The number of nitrogens with one attached hydrogen (secondary N) is 3. The molecule has 0 bridgehead atoms. The topological polar surface area (TPSA) is 69.8 Å². The molecule has 0 radical (unpaired) electrons. The standard InChI is InChI=1S/C15H20N4O/c1-2-3-4-12-5-7-13(8-6-12)19-15(20)18-11-14-16-9-10-17-14/h5-10H,2-4,11H2,1H3,(H,16,17)(H2,18,19,20). The number of anilines is 1. The van der Waals surface area contributed by atoms with E-state index in [-0.39, 0.29) is 6.03 Å². The number of carbonyl (C=O) groups is 1. The number of carbonyl (C=O) groups excluding carboxylic acids is 1. The van der Waals surface area contributed by atoms with Crippen LogP contribution in [0.1, 0.15) is 31.2 Å². The molecular formula is C15H20N4O. The number of aromatic nitrogens is 2. The highest BCUT2D eigenvalue weighted by Crippen LogP contribution is 2.11. The van der Waals surface area contributed by atoms with Crippen molar-refractivity contribution < 1.29 is 4.79 Å². The van der Waals surface area contributed by atoms with Gasteiger partial charge in [-0.25, -0.2) is 9.78 Å². The molecule has 1 heterocycles. The molecule has 20 heavy (non-hydrogen) atoms. The summed E-state index contributed by atoms with van der Waals surface area (Å²) >= 11 is 0. The van der Waals surface area contributed by atoms with Crippen molar-refractivity contribution in [2.75, 3.05) is 5.32 Å². The predicted octanol–water partition coefficient (Wildman–Crippen LogP) is 3.07. The third kappa shape index (κ3) is 4.42. The fourth-order valence-corrected chi connectivity index (χ4v) is 1.87. The number of imidazole rings is 1. The van der Waals surface area contributed by atoms with Crippen LogP contribution in [-0.2, 0) is 13.0 Å². The third-order valence-corrected chi connectivity index (χ3v) is 3.00. The van der Waals surface area contributed by atoms with E-state index >= 15 is 0 Å². The van der Waals surface area contributed by atoms with E-state index in [0.717, 1.165) is 17.9 Å². The number of aryl methyl sites for hydroxylation is 1. The number of aromatic amines is 1. The highest BCUT2D eigenvalue weighted by atomic mass is 16.2. The van der Waals surface area contributed by atoms with Gasteiger partial charge >= 0.3 is 6.03 Å². The molecule has 2 rings (SSSR count). The van der Waals surface area contributed by atoms with Gasteiger partial charge in [0, 0.05) is 18.1 Å². The van der Waals surface area contributed by atoms with Crippen LogP contribution in [0.4, 0.5) is 10.5 Å². The lowest BCUT2D eigenvalue weighted by Crippen LogP contribution is -2.28. The molecule has 0 spiro atoms. The summed E-state index contributed by atoms with van der Waals surface area (Å²) in [6, 6.07) is 7.73. The second kappa shape index (κ2) is 7.33. The van der Waals surface area contributed by atoms with Gasteiger partial charge in [0.25, 0.3) is 0 Å². The SMILES string of the molecule is CCCCc1ccc(NC(=O)NCc2ncc[nH]2)cc1. The van der Waals surface area contributed by atoms with Crippen molar-refractivity contribution >= 4 is 11.7 Å². The molecule has 0 aliphatic carbocycles. The molecule has 1 aromatic heterocycles. The first kappa shape index (κ1) is 14.1. The molecular weight excluding hydrogens is 252 g/mol. The second-order valence-corrected chi connectivity index (χ2v) is 4.64. The van der Waals surface area contributed by atoms with Gasteiger partial charge in [0.2, 0.25) is 0 Å². The first-order valence-electron chi connectivity index (χ1n) is 6.90. The molecule has 3 N–H and O–H groups in total. The van der Waals surface area contributed by atoms with Gasteiger partial charge < -0.3 is 15.6 Å². The Morgan fingerprint density at radius 1 is 1.30 bits per heavy atom. The van der Waals surface area contributed by atoms with Crippen molar-refractivity contribution in [2.24, 2.45) is 0 Å². The minimum atomic E-state index is -0.234. The summed E-state index contributed by atoms with van der Waals surface area (Å²) < 4.78 is 0. The third-order valence-electron chi connectivity index (χ3n) is 3.00. The van der Waals surface area contributed by atoms with Crippen LogP contribution in [0.5, 0.6) is 0 Å². The highest BCUT2D eigenvalue weighted by molar-refractivity contribution is 5.89. The van der Waals surface area contributed by atoms with Crippen molar-refractivity contribution in [3.8, 4) is 0 Å². The summed E-state index contributed by atoms with van der Waals surface area (Å²) in [6.07, 6.45) is 6.85. The summed E-state index contributed by atoms with van der Waals surface area (Å²) in [7, 11) is 0. The molecule has 0 aliphatic rings. The molecule has 2 aromatic rings. The predicted molar refractivity (Wildman–Crippen MR) is 79.5 cm³/mol. The molecule has 0 unspecified atom stereocenters. The Balaban J connectivity index is 1.78. The van der Waals surface area contributed by atoms with E-state index in [2.05, 4.69) is 39.7 Å². The Bertz CT molecular complexity index is 519. The molecule has 5 nitrogen and oxygen atoms in total. The maximum Gasteiger partial charge on any atom is 0.319 e. The highest BCUT2D eigenvalue weighted by Gasteiger charge is 2.02. The quantitative estimate of drug-likeness (QED) is 0.756. The van der Waals surface area contributed by atoms with Crippen LogP contribution < -0.4 is 10.6 Å². The second-order valence-electron chi connectivity index (χ2n) is 4.64. The van der Waals surface area contributed by atoms with Gasteiger partial charge in [-0.1, -0.05) is 25.5 Å². The average molecular weight is 272 g/mol. The summed E-state index contributed by atoms with van der Waals surface area (Å²) in [4.78, 5) is 18.7. The summed E-state index contributed by atoms with van der Waals surface area (Å²) in [5.41, 5.74) is 2.09. The number of H-pyrrole nitrogens is 1. The smallest absolute Gasteiger partial charge is 0.319 e. The molecule has 2 amide bonds. The van der Waals surface area contributed by atoms with Gasteiger partial charge in [-0.3, -0.25) is 0 Å². The molecule has 0 saturated heterocycles.